The molecular weight excluding hydrogens is 459 g/mol. The van der Waals surface area contributed by atoms with E-state index in [1.807, 2.05) is 41.9 Å². The van der Waals surface area contributed by atoms with E-state index >= 15 is 0 Å². The number of aryl methyl sites for hydroxylation is 1. The number of rotatable bonds is 8. The lowest BCUT2D eigenvalue weighted by Crippen LogP contribution is -2.16. The molecule has 4 rings (SSSR count). The third-order valence-electron chi connectivity index (χ3n) is 4.69. The summed E-state index contributed by atoms with van der Waals surface area (Å²) in [5.74, 6) is 1.19. The molecule has 2 aromatic carbocycles. The van der Waals surface area contributed by atoms with E-state index in [-0.39, 0.29) is 5.75 Å². The number of ether oxygens (including phenoxy) is 2. The van der Waals surface area contributed by atoms with Gasteiger partial charge < -0.3 is 13.9 Å². The van der Waals surface area contributed by atoms with Crippen molar-refractivity contribution in [1.29, 1.82) is 0 Å². The molecule has 0 bridgehead atoms. The van der Waals surface area contributed by atoms with Crippen LogP contribution in [0.15, 0.2) is 65.3 Å². The van der Waals surface area contributed by atoms with E-state index in [0.717, 1.165) is 17.0 Å². The quantitative estimate of drug-likeness (QED) is 0.288. The van der Waals surface area contributed by atoms with E-state index in [0.29, 0.717) is 41.9 Å². The lowest BCUT2D eigenvalue weighted by Gasteiger charge is -2.08. The van der Waals surface area contributed by atoms with Crippen LogP contribution < -0.4 is 9.47 Å². The zero-order valence-corrected chi connectivity index (χ0v) is 18.2. The predicted molar refractivity (Wildman–Crippen MR) is 116 cm³/mol. The molecule has 0 N–H and O–H groups in total. The largest absolute Gasteiger partial charge is 0.573 e. The number of halogens is 4. The second-order valence-electron chi connectivity index (χ2n) is 7.12. The van der Waals surface area contributed by atoms with Crippen LogP contribution in [0.2, 0.25) is 0 Å². The fourth-order valence-corrected chi connectivity index (χ4v) is 3.22. The standard InChI is InChI=1S/C23H19ClF3N3O3/c1-15-12-20(29-30(15)13-16-2-6-18(7-3-16)31-11-10-24)22-28-21(14-32-22)17-4-8-19(9-5-17)33-23(25,26)27/h2-9,12,14H,10-11,13H2,1H3. The van der Waals surface area contributed by atoms with Crippen LogP contribution in [0.1, 0.15) is 11.3 Å². The smallest absolute Gasteiger partial charge is 0.492 e. The SMILES string of the molecule is Cc1cc(-c2nc(-c3ccc(OC(F)(F)F)cc3)co2)nn1Cc1ccc(OCCCl)cc1. The summed E-state index contributed by atoms with van der Waals surface area (Å²) in [4.78, 5) is 4.42. The van der Waals surface area contributed by atoms with Crippen molar-refractivity contribution in [3.63, 3.8) is 0 Å². The van der Waals surface area contributed by atoms with Gasteiger partial charge in [-0.05, 0) is 55.0 Å². The average molecular weight is 478 g/mol. The summed E-state index contributed by atoms with van der Waals surface area (Å²) >= 11 is 5.63. The normalized spacial score (nSPS) is 11.5. The van der Waals surface area contributed by atoms with Crippen molar-refractivity contribution in [2.75, 3.05) is 12.5 Å². The minimum absolute atomic E-state index is 0.303. The Hall–Kier alpha value is -3.46. The number of hydrogen-bond acceptors (Lipinski definition) is 5. The molecule has 33 heavy (non-hydrogen) atoms. The zero-order valence-electron chi connectivity index (χ0n) is 17.5. The lowest BCUT2D eigenvalue weighted by molar-refractivity contribution is -0.274. The second kappa shape index (κ2) is 9.58. The Labute approximate surface area is 192 Å². The predicted octanol–water partition coefficient (Wildman–Crippen LogP) is 6.08. The minimum Gasteiger partial charge on any atom is -0.492 e. The van der Waals surface area contributed by atoms with Crippen LogP contribution in [0.4, 0.5) is 13.2 Å². The van der Waals surface area contributed by atoms with Crippen LogP contribution in [-0.4, -0.2) is 33.6 Å². The Morgan fingerprint density at radius 3 is 2.36 bits per heavy atom. The molecule has 4 aromatic rings. The summed E-state index contributed by atoms with van der Waals surface area (Å²) in [6.07, 6.45) is -3.30. The van der Waals surface area contributed by atoms with Gasteiger partial charge in [-0.25, -0.2) is 4.98 Å². The van der Waals surface area contributed by atoms with Crippen molar-refractivity contribution in [2.45, 2.75) is 19.8 Å². The highest BCUT2D eigenvalue weighted by Gasteiger charge is 2.31. The summed E-state index contributed by atoms with van der Waals surface area (Å²) in [7, 11) is 0. The second-order valence-corrected chi connectivity index (χ2v) is 7.50. The summed E-state index contributed by atoms with van der Waals surface area (Å²) < 4.78 is 53.7. The van der Waals surface area contributed by atoms with E-state index in [4.69, 9.17) is 20.8 Å². The molecule has 0 aliphatic rings. The molecule has 2 aromatic heterocycles. The number of oxazole rings is 1. The Balaban J connectivity index is 1.46. The molecule has 0 saturated heterocycles. The first kappa shape index (κ1) is 22.7. The Bertz CT molecular complexity index is 1200. The fourth-order valence-electron chi connectivity index (χ4n) is 3.15. The van der Waals surface area contributed by atoms with Crippen LogP contribution in [0.3, 0.4) is 0 Å². The molecule has 0 spiro atoms. The minimum atomic E-state index is -4.74. The highest BCUT2D eigenvalue weighted by molar-refractivity contribution is 6.18. The number of nitrogens with zero attached hydrogens (tertiary/aromatic N) is 3. The number of hydrogen-bond donors (Lipinski definition) is 0. The van der Waals surface area contributed by atoms with Gasteiger partial charge in [0.2, 0.25) is 5.89 Å². The summed E-state index contributed by atoms with van der Waals surface area (Å²) in [5, 5.41) is 4.58. The Morgan fingerprint density at radius 2 is 1.70 bits per heavy atom. The number of alkyl halides is 4. The molecule has 10 heteroatoms. The third-order valence-corrected chi connectivity index (χ3v) is 4.84. The van der Waals surface area contributed by atoms with Crippen LogP contribution in [0, 0.1) is 6.92 Å². The van der Waals surface area contributed by atoms with Crippen molar-refractivity contribution in [2.24, 2.45) is 0 Å². The van der Waals surface area contributed by atoms with Gasteiger partial charge in [0.05, 0.1) is 12.4 Å². The maximum Gasteiger partial charge on any atom is 0.573 e. The van der Waals surface area contributed by atoms with Gasteiger partial charge in [-0.1, -0.05) is 12.1 Å². The lowest BCUT2D eigenvalue weighted by atomic mass is 10.2. The average Bonchev–Trinajstić information content (AvgIpc) is 3.40. The van der Waals surface area contributed by atoms with Crippen molar-refractivity contribution in [1.82, 2.24) is 14.8 Å². The molecule has 6 nitrogen and oxygen atoms in total. The molecule has 0 amide bonds. The molecule has 0 aliphatic carbocycles. The van der Waals surface area contributed by atoms with Crippen LogP contribution in [-0.2, 0) is 6.54 Å². The van der Waals surface area contributed by atoms with E-state index in [9.17, 15) is 13.2 Å². The van der Waals surface area contributed by atoms with Gasteiger partial charge in [-0.3, -0.25) is 4.68 Å². The molecule has 0 saturated carbocycles. The van der Waals surface area contributed by atoms with Gasteiger partial charge in [0.25, 0.3) is 0 Å². The molecular formula is C23H19ClF3N3O3. The first-order valence-corrected chi connectivity index (χ1v) is 10.5. The van der Waals surface area contributed by atoms with Crippen LogP contribution >= 0.6 is 11.6 Å². The van der Waals surface area contributed by atoms with E-state index in [1.54, 1.807) is 0 Å². The fraction of sp³-hybridized carbons (Fsp3) is 0.217. The molecule has 0 unspecified atom stereocenters. The van der Waals surface area contributed by atoms with Crippen molar-refractivity contribution < 1.29 is 27.1 Å². The molecule has 0 atom stereocenters. The highest BCUT2D eigenvalue weighted by atomic mass is 35.5. The summed E-state index contributed by atoms with van der Waals surface area (Å²) in [6, 6.07) is 14.9. The van der Waals surface area contributed by atoms with Crippen molar-refractivity contribution in [3.8, 4) is 34.3 Å². The Morgan fingerprint density at radius 1 is 1.00 bits per heavy atom. The first-order valence-electron chi connectivity index (χ1n) is 9.95. The van der Waals surface area contributed by atoms with Crippen LogP contribution in [0.25, 0.3) is 22.8 Å². The van der Waals surface area contributed by atoms with E-state index < -0.39 is 6.36 Å². The molecule has 0 radical (unpaired) electrons. The molecule has 0 fully saturated rings. The van der Waals surface area contributed by atoms with E-state index in [2.05, 4.69) is 14.8 Å². The van der Waals surface area contributed by atoms with Gasteiger partial charge in [0.1, 0.15) is 35.8 Å². The van der Waals surface area contributed by atoms with Gasteiger partial charge >= 0.3 is 6.36 Å². The monoisotopic (exact) mass is 477 g/mol. The molecule has 2 heterocycles. The third kappa shape index (κ3) is 5.87. The zero-order chi connectivity index (χ0) is 23.4. The van der Waals surface area contributed by atoms with Crippen LogP contribution in [0.5, 0.6) is 11.5 Å². The maximum absolute atomic E-state index is 12.3. The van der Waals surface area contributed by atoms with Gasteiger partial charge in [-0.15, -0.1) is 24.8 Å². The molecule has 0 aliphatic heterocycles. The van der Waals surface area contributed by atoms with Gasteiger partial charge in [0.15, 0.2) is 0 Å². The number of aromatic nitrogens is 3. The van der Waals surface area contributed by atoms with Gasteiger partial charge in [-0.2, -0.15) is 5.10 Å². The summed E-state index contributed by atoms with van der Waals surface area (Å²) in [5.41, 5.74) is 3.58. The first-order chi connectivity index (χ1) is 15.8. The topological polar surface area (TPSA) is 62.3 Å². The number of benzene rings is 2. The van der Waals surface area contributed by atoms with Gasteiger partial charge in [0, 0.05) is 11.3 Å². The van der Waals surface area contributed by atoms with Crippen molar-refractivity contribution in [3.05, 3.63) is 72.1 Å². The molecule has 172 valence electrons. The van der Waals surface area contributed by atoms with E-state index in [1.165, 1.54) is 30.5 Å². The Kier molecular flexibility index (Phi) is 6.60. The maximum atomic E-state index is 12.3. The summed E-state index contributed by atoms with van der Waals surface area (Å²) in [6.45, 7) is 2.93. The van der Waals surface area contributed by atoms with Crippen molar-refractivity contribution >= 4 is 11.6 Å². The highest BCUT2D eigenvalue weighted by Crippen LogP contribution is 2.28.